The van der Waals surface area contributed by atoms with Crippen molar-refractivity contribution in [2.24, 2.45) is 0 Å². The number of carbonyl (C=O) groups excluding carboxylic acids is 2. The number of likely N-dealkylation sites (tertiary alicyclic amines) is 1. The zero-order valence-electron chi connectivity index (χ0n) is 18.7. The van der Waals surface area contributed by atoms with Crippen LogP contribution in [0.1, 0.15) is 36.8 Å². The molecule has 0 saturated carbocycles. The van der Waals surface area contributed by atoms with Crippen molar-refractivity contribution in [3.63, 3.8) is 0 Å². The number of fused-ring (bicyclic) bond motifs is 3. The maximum atomic E-state index is 13.1. The normalized spacial score (nSPS) is 20.1. The SMILES string of the molecule is COC[C@H](NC(=O)OCC1c2ccccc2-c2ccccc21)C(=O)N1CCCC1(C)C(=O)O. The number of carbonyl (C=O) groups is 3. The van der Waals surface area contributed by atoms with E-state index in [-0.39, 0.29) is 19.1 Å². The Morgan fingerprint density at radius 2 is 1.73 bits per heavy atom. The minimum absolute atomic E-state index is 0.0881. The number of nitrogens with zero attached hydrogens (tertiary/aromatic N) is 1. The van der Waals surface area contributed by atoms with Gasteiger partial charge in [-0.2, -0.15) is 0 Å². The van der Waals surface area contributed by atoms with Gasteiger partial charge in [0.25, 0.3) is 0 Å². The molecule has 33 heavy (non-hydrogen) atoms. The Hall–Kier alpha value is -3.39. The van der Waals surface area contributed by atoms with Crippen LogP contribution in [-0.4, -0.2) is 66.4 Å². The van der Waals surface area contributed by atoms with Crippen LogP contribution in [0, 0.1) is 0 Å². The third-order valence-corrected chi connectivity index (χ3v) is 6.63. The molecule has 0 radical (unpaired) electrons. The molecule has 2 aromatic carbocycles. The van der Waals surface area contributed by atoms with Crippen molar-refractivity contribution < 1.29 is 29.0 Å². The van der Waals surface area contributed by atoms with Crippen LogP contribution in [0.15, 0.2) is 48.5 Å². The Morgan fingerprint density at radius 1 is 1.12 bits per heavy atom. The second-order valence-corrected chi connectivity index (χ2v) is 8.65. The molecule has 0 bridgehead atoms. The highest BCUT2D eigenvalue weighted by molar-refractivity contribution is 5.92. The number of carboxylic acids is 1. The number of amides is 2. The van der Waals surface area contributed by atoms with Gasteiger partial charge in [0, 0.05) is 19.6 Å². The number of hydrogen-bond acceptors (Lipinski definition) is 5. The van der Waals surface area contributed by atoms with Crippen molar-refractivity contribution in [1.29, 1.82) is 0 Å². The second kappa shape index (κ2) is 9.23. The van der Waals surface area contributed by atoms with Crippen molar-refractivity contribution in [2.75, 3.05) is 26.9 Å². The summed E-state index contributed by atoms with van der Waals surface area (Å²) in [6, 6.07) is 15.0. The molecule has 1 aliphatic carbocycles. The fourth-order valence-electron chi connectivity index (χ4n) is 4.85. The van der Waals surface area contributed by atoms with E-state index < -0.39 is 29.6 Å². The molecule has 1 fully saturated rings. The highest BCUT2D eigenvalue weighted by atomic mass is 16.5. The van der Waals surface area contributed by atoms with Gasteiger partial charge >= 0.3 is 12.1 Å². The van der Waals surface area contributed by atoms with E-state index in [2.05, 4.69) is 17.4 Å². The van der Waals surface area contributed by atoms with Gasteiger partial charge in [-0.15, -0.1) is 0 Å². The quantitative estimate of drug-likeness (QED) is 0.669. The van der Waals surface area contributed by atoms with Crippen LogP contribution in [0.25, 0.3) is 11.1 Å². The van der Waals surface area contributed by atoms with E-state index in [0.29, 0.717) is 19.4 Å². The van der Waals surface area contributed by atoms with E-state index in [1.807, 2.05) is 36.4 Å². The molecule has 174 valence electrons. The van der Waals surface area contributed by atoms with E-state index >= 15 is 0 Å². The molecule has 0 spiro atoms. The summed E-state index contributed by atoms with van der Waals surface area (Å²) in [4.78, 5) is 38.8. The molecule has 2 aliphatic rings. The number of methoxy groups -OCH3 is 1. The van der Waals surface area contributed by atoms with Crippen molar-refractivity contribution in [3.8, 4) is 11.1 Å². The molecule has 2 amide bonds. The first-order valence-corrected chi connectivity index (χ1v) is 11.0. The first-order valence-electron chi connectivity index (χ1n) is 11.0. The molecule has 8 nitrogen and oxygen atoms in total. The van der Waals surface area contributed by atoms with E-state index in [4.69, 9.17) is 9.47 Å². The smallest absolute Gasteiger partial charge is 0.407 e. The van der Waals surface area contributed by atoms with E-state index in [0.717, 1.165) is 22.3 Å². The molecule has 0 aromatic heterocycles. The van der Waals surface area contributed by atoms with Gasteiger partial charge in [0.2, 0.25) is 5.91 Å². The summed E-state index contributed by atoms with van der Waals surface area (Å²) < 4.78 is 10.7. The summed E-state index contributed by atoms with van der Waals surface area (Å²) >= 11 is 0. The molecule has 1 saturated heterocycles. The summed E-state index contributed by atoms with van der Waals surface area (Å²) in [6.45, 7) is 1.87. The van der Waals surface area contributed by atoms with E-state index in [1.54, 1.807) is 0 Å². The summed E-state index contributed by atoms with van der Waals surface area (Å²) in [5.74, 6) is -1.66. The number of aliphatic carboxylic acids is 1. The van der Waals surface area contributed by atoms with Gasteiger partial charge in [0.15, 0.2) is 0 Å². The molecule has 1 unspecified atom stereocenters. The third kappa shape index (κ3) is 4.18. The van der Waals surface area contributed by atoms with Gasteiger partial charge in [0.05, 0.1) is 6.61 Å². The van der Waals surface area contributed by atoms with Crippen molar-refractivity contribution in [2.45, 2.75) is 37.3 Å². The van der Waals surface area contributed by atoms with Crippen LogP contribution in [0.2, 0.25) is 0 Å². The summed E-state index contributed by atoms with van der Waals surface area (Å²) in [7, 11) is 1.42. The number of nitrogens with one attached hydrogen (secondary N) is 1. The van der Waals surface area contributed by atoms with Gasteiger partial charge in [0.1, 0.15) is 18.2 Å². The molecule has 2 atom stereocenters. The molecule has 1 aliphatic heterocycles. The van der Waals surface area contributed by atoms with E-state index in [9.17, 15) is 19.5 Å². The lowest BCUT2D eigenvalue weighted by molar-refractivity contribution is -0.156. The van der Waals surface area contributed by atoms with Crippen LogP contribution in [0.4, 0.5) is 4.79 Å². The Bertz CT molecular complexity index is 1020. The van der Waals surface area contributed by atoms with Crippen LogP contribution < -0.4 is 5.32 Å². The summed E-state index contributed by atoms with van der Waals surface area (Å²) in [5, 5.41) is 12.2. The van der Waals surface area contributed by atoms with Crippen molar-refractivity contribution in [1.82, 2.24) is 10.2 Å². The Kier molecular flexibility index (Phi) is 6.37. The first-order chi connectivity index (χ1) is 15.9. The third-order valence-electron chi connectivity index (χ3n) is 6.63. The van der Waals surface area contributed by atoms with Gasteiger partial charge < -0.3 is 24.8 Å². The minimum Gasteiger partial charge on any atom is -0.480 e. The fraction of sp³-hybridized carbons (Fsp3) is 0.400. The second-order valence-electron chi connectivity index (χ2n) is 8.65. The van der Waals surface area contributed by atoms with Crippen LogP contribution in [0.5, 0.6) is 0 Å². The largest absolute Gasteiger partial charge is 0.480 e. The summed E-state index contributed by atoms with van der Waals surface area (Å²) in [5.41, 5.74) is 3.12. The lowest BCUT2D eigenvalue weighted by Gasteiger charge is -2.33. The Balaban J connectivity index is 1.44. The van der Waals surface area contributed by atoms with Crippen molar-refractivity contribution >= 4 is 18.0 Å². The van der Waals surface area contributed by atoms with Crippen LogP contribution in [-0.2, 0) is 19.1 Å². The molecule has 4 rings (SSSR count). The predicted octanol–water partition coefficient (Wildman–Crippen LogP) is 3.01. The zero-order valence-corrected chi connectivity index (χ0v) is 18.7. The number of ether oxygens (including phenoxy) is 2. The van der Waals surface area contributed by atoms with Gasteiger partial charge in [-0.25, -0.2) is 9.59 Å². The minimum atomic E-state index is -1.30. The van der Waals surface area contributed by atoms with Gasteiger partial charge in [-0.3, -0.25) is 4.79 Å². The van der Waals surface area contributed by atoms with Gasteiger partial charge in [-0.1, -0.05) is 48.5 Å². The maximum Gasteiger partial charge on any atom is 0.407 e. The van der Waals surface area contributed by atoms with Gasteiger partial charge in [-0.05, 0) is 42.0 Å². The van der Waals surface area contributed by atoms with Crippen LogP contribution in [0.3, 0.4) is 0 Å². The monoisotopic (exact) mass is 452 g/mol. The predicted molar refractivity (Wildman–Crippen MR) is 121 cm³/mol. The number of hydrogen-bond donors (Lipinski definition) is 2. The Morgan fingerprint density at radius 3 is 2.30 bits per heavy atom. The zero-order chi connectivity index (χ0) is 23.6. The lowest BCUT2D eigenvalue weighted by atomic mass is 9.98. The standard InChI is InChI=1S/C25H28N2O6/c1-25(23(29)30)12-7-13-27(25)22(28)21(15-32-2)26-24(31)33-14-20-18-10-5-3-8-16(18)17-9-4-6-11-19(17)20/h3-6,8-11,20-21H,7,12-15H2,1-2H3,(H,26,31)(H,29,30)/t21-,25?/m0/s1. The average Bonchev–Trinajstić information content (AvgIpc) is 3.36. The number of rotatable bonds is 7. The molecular weight excluding hydrogens is 424 g/mol. The highest BCUT2D eigenvalue weighted by Crippen LogP contribution is 2.44. The Labute approximate surface area is 192 Å². The average molecular weight is 453 g/mol. The lowest BCUT2D eigenvalue weighted by Crippen LogP contribution is -2.58. The first kappa shape index (κ1) is 22.8. The van der Waals surface area contributed by atoms with E-state index in [1.165, 1.54) is 18.9 Å². The molecule has 2 aromatic rings. The topological polar surface area (TPSA) is 105 Å². The molecule has 2 N–H and O–H groups in total. The number of carboxylic acid groups (broad SMARTS) is 1. The van der Waals surface area contributed by atoms with Crippen molar-refractivity contribution in [3.05, 3.63) is 59.7 Å². The maximum absolute atomic E-state index is 13.1. The number of benzene rings is 2. The molecular formula is C25H28N2O6. The molecule has 8 heteroatoms. The van der Waals surface area contributed by atoms with Crippen LogP contribution >= 0.6 is 0 Å². The molecule has 1 heterocycles. The highest BCUT2D eigenvalue weighted by Gasteiger charge is 2.47. The summed E-state index contributed by atoms with van der Waals surface area (Å²) in [6.07, 6.45) is 0.196. The fourth-order valence-corrected chi connectivity index (χ4v) is 4.85. The number of alkyl carbamates (subject to hydrolysis) is 1.